The molecule has 2 aromatic rings. The van der Waals surface area contributed by atoms with Crippen molar-refractivity contribution in [3.05, 3.63) is 59.7 Å². The van der Waals surface area contributed by atoms with Gasteiger partial charge in [0, 0.05) is 39.1 Å². The van der Waals surface area contributed by atoms with Crippen molar-refractivity contribution in [2.24, 2.45) is 0 Å². The molecule has 0 N–H and O–H groups in total. The van der Waals surface area contributed by atoms with Crippen LogP contribution in [0, 0.1) is 0 Å². The lowest BCUT2D eigenvalue weighted by atomic mass is 10.1. The number of benzene rings is 2. The minimum atomic E-state index is 0.244. The van der Waals surface area contributed by atoms with Crippen LogP contribution in [0.15, 0.2) is 48.5 Å². The minimum absolute atomic E-state index is 0.244. The van der Waals surface area contributed by atoms with Gasteiger partial charge in [0.25, 0.3) is 0 Å². The molecule has 1 aliphatic heterocycles. The Balaban J connectivity index is 1.55. The van der Waals surface area contributed by atoms with Crippen molar-refractivity contribution in [3.63, 3.8) is 0 Å². The highest BCUT2D eigenvalue weighted by Gasteiger charge is 2.18. The van der Waals surface area contributed by atoms with Gasteiger partial charge in [-0.1, -0.05) is 94.7 Å². The van der Waals surface area contributed by atoms with Crippen molar-refractivity contribution < 1.29 is 19.0 Å². The van der Waals surface area contributed by atoms with Crippen LogP contribution >= 0.6 is 0 Å². The van der Waals surface area contributed by atoms with Crippen LogP contribution in [-0.4, -0.2) is 62.2 Å². The van der Waals surface area contributed by atoms with Crippen LogP contribution in [0.2, 0.25) is 0 Å². The van der Waals surface area contributed by atoms with Gasteiger partial charge in [0.05, 0.1) is 20.3 Å². The Bertz CT molecular complexity index is 931. The van der Waals surface area contributed by atoms with Gasteiger partial charge in [0.1, 0.15) is 6.61 Å². The molecule has 0 aliphatic carbocycles. The van der Waals surface area contributed by atoms with E-state index < -0.39 is 0 Å². The topological polar surface area (TPSA) is 51.2 Å². The summed E-state index contributed by atoms with van der Waals surface area (Å²) in [6.45, 7) is 8.31. The molecule has 0 atom stereocenters. The molecule has 3 rings (SSSR count). The smallest absolute Gasteiger partial charge is 0.222 e. The van der Waals surface area contributed by atoms with Gasteiger partial charge in [-0.15, -0.1) is 0 Å². The second-order valence-electron chi connectivity index (χ2n) is 10.6. The zero-order valence-corrected chi connectivity index (χ0v) is 24.4. The number of hydrogen-bond donors (Lipinski definition) is 0. The van der Waals surface area contributed by atoms with E-state index in [0.29, 0.717) is 31.1 Å². The molecule has 6 heteroatoms. The predicted molar refractivity (Wildman–Crippen MR) is 158 cm³/mol. The first-order valence-corrected chi connectivity index (χ1v) is 15.1. The summed E-state index contributed by atoms with van der Waals surface area (Å²) in [5.74, 6) is 1.66. The number of morpholine rings is 1. The minimum Gasteiger partial charge on any atom is -0.493 e. The lowest BCUT2D eigenvalue weighted by Gasteiger charge is -2.30. The van der Waals surface area contributed by atoms with E-state index in [-0.39, 0.29) is 5.91 Å². The first-order valence-electron chi connectivity index (χ1n) is 15.1. The van der Waals surface area contributed by atoms with Gasteiger partial charge in [-0.2, -0.15) is 0 Å². The van der Waals surface area contributed by atoms with Gasteiger partial charge in [-0.25, -0.2) is 0 Å². The van der Waals surface area contributed by atoms with E-state index in [2.05, 4.69) is 24.0 Å². The summed E-state index contributed by atoms with van der Waals surface area (Å²) in [5, 5.41) is 0. The zero-order chi connectivity index (χ0) is 27.5. The van der Waals surface area contributed by atoms with E-state index in [1.165, 1.54) is 44.9 Å². The van der Waals surface area contributed by atoms with Crippen LogP contribution in [0.1, 0.15) is 82.3 Å². The quantitative estimate of drug-likeness (QED) is 0.183. The maximum absolute atomic E-state index is 13.4. The second-order valence-corrected chi connectivity index (χ2v) is 10.6. The lowest BCUT2D eigenvalue weighted by Crippen LogP contribution is -2.42. The Labute approximate surface area is 236 Å². The Kier molecular flexibility index (Phi) is 14.8. The molecule has 6 nitrogen and oxygen atoms in total. The van der Waals surface area contributed by atoms with E-state index in [1.807, 2.05) is 41.3 Å². The molecule has 1 fully saturated rings. The molecule has 0 spiro atoms. The highest BCUT2D eigenvalue weighted by atomic mass is 16.5. The molecule has 0 aromatic heterocycles. The third kappa shape index (κ3) is 12.0. The molecule has 0 unspecified atom stereocenters. The molecular weight excluding hydrogens is 488 g/mol. The molecule has 0 radical (unpaired) electrons. The summed E-state index contributed by atoms with van der Waals surface area (Å²) >= 11 is 0. The zero-order valence-electron chi connectivity index (χ0n) is 24.4. The van der Waals surface area contributed by atoms with Crippen molar-refractivity contribution >= 4 is 5.91 Å². The highest BCUT2D eigenvalue weighted by Crippen LogP contribution is 2.29. The van der Waals surface area contributed by atoms with Crippen LogP contribution in [0.4, 0.5) is 0 Å². The summed E-state index contributed by atoms with van der Waals surface area (Å²) in [6.07, 6.45) is 11.9. The maximum Gasteiger partial charge on any atom is 0.222 e. The van der Waals surface area contributed by atoms with Crippen molar-refractivity contribution in [1.29, 1.82) is 0 Å². The summed E-state index contributed by atoms with van der Waals surface area (Å²) in [5.41, 5.74) is 2.16. The number of methoxy groups -OCH3 is 1. The van der Waals surface area contributed by atoms with Crippen molar-refractivity contribution in [3.8, 4) is 11.5 Å². The summed E-state index contributed by atoms with van der Waals surface area (Å²) < 4.78 is 17.2. The standard InChI is InChI=1S/C33H50N2O4/c1-3-4-5-6-7-8-9-10-14-17-33(36)35(21-20-34-22-24-38-25-23-34)27-30-18-19-31(37-2)32(26-30)39-28-29-15-12-11-13-16-29/h11-13,15-16,18-19,26H,3-10,14,17,20-25,27-28H2,1-2H3. The van der Waals surface area contributed by atoms with Crippen LogP contribution in [0.3, 0.4) is 0 Å². The molecule has 1 amide bonds. The highest BCUT2D eigenvalue weighted by molar-refractivity contribution is 5.76. The van der Waals surface area contributed by atoms with Crippen molar-refractivity contribution in [2.45, 2.75) is 84.3 Å². The van der Waals surface area contributed by atoms with Crippen molar-refractivity contribution in [1.82, 2.24) is 9.80 Å². The largest absolute Gasteiger partial charge is 0.493 e. The summed E-state index contributed by atoms with van der Waals surface area (Å²) in [6, 6.07) is 16.1. The molecular formula is C33H50N2O4. The number of carbonyl (C=O) groups excluding carboxylic acids is 1. The molecule has 1 heterocycles. The fraction of sp³-hybridized carbons (Fsp3) is 0.606. The summed E-state index contributed by atoms with van der Waals surface area (Å²) in [7, 11) is 1.66. The Hall–Kier alpha value is -2.57. The Morgan fingerprint density at radius 3 is 2.26 bits per heavy atom. The third-order valence-corrected chi connectivity index (χ3v) is 7.48. The number of nitrogens with zero attached hydrogens (tertiary/aromatic N) is 2. The maximum atomic E-state index is 13.4. The van der Waals surface area contributed by atoms with Crippen molar-refractivity contribution in [2.75, 3.05) is 46.5 Å². The first kappa shape index (κ1) is 31.0. The number of unbranched alkanes of at least 4 members (excludes halogenated alkanes) is 8. The normalized spacial score (nSPS) is 13.8. The monoisotopic (exact) mass is 538 g/mol. The predicted octanol–water partition coefficient (Wildman–Crippen LogP) is 6.86. The third-order valence-electron chi connectivity index (χ3n) is 7.48. The number of ether oxygens (including phenoxy) is 3. The van der Waals surface area contributed by atoms with Gasteiger partial charge in [-0.3, -0.25) is 9.69 Å². The summed E-state index contributed by atoms with van der Waals surface area (Å²) in [4.78, 5) is 17.8. The molecule has 2 aromatic carbocycles. The van der Waals surface area contributed by atoms with Gasteiger partial charge in [0.2, 0.25) is 5.91 Å². The molecule has 0 saturated carbocycles. The number of carbonyl (C=O) groups is 1. The van der Waals surface area contributed by atoms with Gasteiger partial charge in [0.15, 0.2) is 11.5 Å². The van der Waals surface area contributed by atoms with E-state index in [0.717, 1.165) is 63.4 Å². The second kappa shape index (κ2) is 18.7. The van der Waals surface area contributed by atoms with Gasteiger partial charge in [-0.05, 0) is 29.7 Å². The van der Waals surface area contributed by atoms with E-state index in [9.17, 15) is 4.79 Å². The molecule has 39 heavy (non-hydrogen) atoms. The average molecular weight is 539 g/mol. The average Bonchev–Trinajstić information content (AvgIpc) is 2.98. The molecule has 0 bridgehead atoms. The number of hydrogen-bond acceptors (Lipinski definition) is 5. The van der Waals surface area contributed by atoms with Gasteiger partial charge < -0.3 is 19.1 Å². The van der Waals surface area contributed by atoms with Gasteiger partial charge >= 0.3 is 0 Å². The molecule has 216 valence electrons. The lowest BCUT2D eigenvalue weighted by molar-refractivity contribution is -0.132. The van der Waals surface area contributed by atoms with Crippen LogP contribution < -0.4 is 9.47 Å². The van der Waals surface area contributed by atoms with E-state index in [1.54, 1.807) is 7.11 Å². The number of rotatable bonds is 19. The SMILES string of the molecule is CCCCCCCCCCCC(=O)N(CCN1CCOCC1)Cc1ccc(OC)c(OCc2ccccc2)c1. The Morgan fingerprint density at radius 2 is 1.56 bits per heavy atom. The van der Waals surface area contributed by atoms with E-state index >= 15 is 0 Å². The van der Waals surface area contributed by atoms with Crippen LogP contribution in [-0.2, 0) is 22.7 Å². The molecule has 1 saturated heterocycles. The molecule has 1 aliphatic rings. The van der Waals surface area contributed by atoms with Crippen LogP contribution in [0.5, 0.6) is 11.5 Å². The fourth-order valence-electron chi connectivity index (χ4n) is 5.01. The van der Waals surface area contributed by atoms with E-state index in [4.69, 9.17) is 14.2 Å². The Morgan fingerprint density at radius 1 is 0.872 bits per heavy atom. The van der Waals surface area contributed by atoms with Crippen LogP contribution in [0.25, 0.3) is 0 Å². The first-order chi connectivity index (χ1) is 19.2. The number of amides is 1. The fourth-order valence-corrected chi connectivity index (χ4v) is 5.01.